The standard InChI is InChI=1S/C46H81N3O30/c1-15-26(57)37(76-44-34(65)32(63)27(58)18(9-50)70-44)20(11-52)72-41(15)69-14-23-29(60)40(36(67)46(75-23)78-38-21(12-53)73-42(68-8-6-4-5-7-47)24(30(38)61)48-16(2)55)79-43-25(49-17(3)56)31(62)39(22(13-54)74-43)77-45-35(66)33(64)28(59)19(10-51)71-45/h15,18-46,50-54,57-67H,4-14,47H2,1-3H3,(H,48,55)(H,49,56). The average Bonchev–Trinajstić information content (AvgIpc) is 3.50. The van der Waals surface area contributed by atoms with Crippen molar-refractivity contribution in [2.75, 3.05) is 52.8 Å². The molecule has 0 aliphatic carbocycles. The van der Waals surface area contributed by atoms with Crippen LogP contribution in [0.4, 0.5) is 0 Å². The van der Waals surface area contributed by atoms with Gasteiger partial charge < -0.3 is 155 Å². The summed E-state index contributed by atoms with van der Waals surface area (Å²) >= 11 is 0. The first kappa shape index (κ1) is 65.9. The van der Waals surface area contributed by atoms with Gasteiger partial charge in [0.1, 0.15) is 134 Å². The van der Waals surface area contributed by atoms with Crippen LogP contribution in [0.25, 0.3) is 0 Å². The van der Waals surface area contributed by atoms with Crippen molar-refractivity contribution in [2.24, 2.45) is 11.7 Å². The summed E-state index contributed by atoms with van der Waals surface area (Å²) in [4.78, 5) is 25.2. The Kier molecular flexibility index (Phi) is 25.1. The van der Waals surface area contributed by atoms with Gasteiger partial charge in [-0.2, -0.15) is 0 Å². The Morgan fingerprint density at radius 2 is 0.797 bits per heavy atom. The summed E-state index contributed by atoms with van der Waals surface area (Å²) in [7, 11) is 0. The fourth-order valence-electron chi connectivity index (χ4n) is 10.2. The van der Waals surface area contributed by atoms with Crippen LogP contribution in [0.15, 0.2) is 0 Å². The largest absolute Gasteiger partial charge is 0.394 e. The Hall–Kier alpha value is -2.22. The molecule has 0 spiro atoms. The summed E-state index contributed by atoms with van der Waals surface area (Å²) < 4.78 is 70.7. The molecule has 6 saturated heterocycles. The number of carbonyl (C=O) groups excluding carboxylic acids is 2. The van der Waals surface area contributed by atoms with Gasteiger partial charge in [-0.25, -0.2) is 0 Å². The number of aliphatic hydroxyl groups excluding tert-OH is 16. The molecule has 0 aromatic rings. The molecule has 30 unspecified atom stereocenters. The third-order valence-corrected chi connectivity index (χ3v) is 14.7. The third-order valence-electron chi connectivity index (χ3n) is 14.7. The van der Waals surface area contributed by atoms with Gasteiger partial charge in [0.05, 0.1) is 45.7 Å². The molecule has 0 aromatic carbocycles. The van der Waals surface area contributed by atoms with E-state index in [0.717, 1.165) is 13.8 Å². The number of rotatable bonds is 24. The maximum absolute atomic E-state index is 12.7. The van der Waals surface area contributed by atoms with Crippen LogP contribution in [0.1, 0.15) is 40.0 Å². The first-order valence-electron chi connectivity index (χ1n) is 26.1. The number of nitrogens with two attached hydrogens (primary N) is 1. The summed E-state index contributed by atoms with van der Waals surface area (Å²) in [5, 5.41) is 178. The van der Waals surface area contributed by atoms with Gasteiger partial charge in [-0.15, -0.1) is 0 Å². The first-order chi connectivity index (χ1) is 37.5. The summed E-state index contributed by atoms with van der Waals surface area (Å²) in [6.45, 7) is -1.05. The second kappa shape index (κ2) is 30.0. The van der Waals surface area contributed by atoms with E-state index in [1.807, 2.05) is 0 Å². The molecule has 2 amide bonds. The van der Waals surface area contributed by atoms with Crippen LogP contribution in [-0.2, 0) is 66.4 Å². The van der Waals surface area contributed by atoms with Crippen molar-refractivity contribution >= 4 is 11.8 Å². The minimum absolute atomic E-state index is 0.0840. The maximum atomic E-state index is 12.7. The van der Waals surface area contributed by atoms with E-state index in [9.17, 15) is 91.3 Å². The number of hydrogen-bond donors (Lipinski definition) is 19. The predicted octanol–water partition coefficient (Wildman–Crippen LogP) is -11.4. The lowest BCUT2D eigenvalue weighted by Crippen LogP contribution is -2.70. The van der Waals surface area contributed by atoms with E-state index in [0.29, 0.717) is 25.8 Å². The maximum Gasteiger partial charge on any atom is 0.217 e. The lowest BCUT2D eigenvalue weighted by atomic mass is 9.91. The van der Waals surface area contributed by atoms with Crippen molar-refractivity contribution < 1.29 is 148 Å². The molecule has 79 heavy (non-hydrogen) atoms. The van der Waals surface area contributed by atoms with Crippen molar-refractivity contribution in [2.45, 2.75) is 218 Å². The fraction of sp³-hybridized carbons (Fsp3) is 0.957. The number of amides is 2. The van der Waals surface area contributed by atoms with Gasteiger partial charge in [-0.3, -0.25) is 9.59 Å². The van der Waals surface area contributed by atoms with Crippen molar-refractivity contribution in [3.8, 4) is 0 Å². The smallest absolute Gasteiger partial charge is 0.217 e. The zero-order chi connectivity index (χ0) is 58.2. The lowest BCUT2D eigenvalue weighted by molar-refractivity contribution is -0.382. The molecule has 6 rings (SSSR count). The predicted molar refractivity (Wildman–Crippen MR) is 252 cm³/mol. The molecular weight excluding hydrogens is 1070 g/mol. The van der Waals surface area contributed by atoms with E-state index in [-0.39, 0.29) is 6.61 Å². The molecule has 6 heterocycles. The van der Waals surface area contributed by atoms with Gasteiger partial charge in [0.2, 0.25) is 11.8 Å². The molecule has 33 nitrogen and oxygen atoms in total. The number of ether oxygens (including phenoxy) is 12. The van der Waals surface area contributed by atoms with Crippen LogP contribution in [0.3, 0.4) is 0 Å². The second-order valence-corrected chi connectivity index (χ2v) is 20.3. The number of carbonyl (C=O) groups is 2. The Balaban J connectivity index is 1.27. The summed E-state index contributed by atoms with van der Waals surface area (Å²) in [5.41, 5.74) is 5.60. The molecular formula is C46H81N3O30. The number of unbranched alkanes of at least 4 members (excludes halogenated alkanes) is 2. The molecule has 30 atom stereocenters. The summed E-state index contributed by atoms with van der Waals surface area (Å²) in [5.74, 6) is -2.58. The van der Waals surface area contributed by atoms with E-state index in [1.165, 1.54) is 6.92 Å². The molecule has 0 aromatic heterocycles. The Morgan fingerprint density at radius 1 is 0.405 bits per heavy atom. The minimum Gasteiger partial charge on any atom is -0.394 e. The van der Waals surface area contributed by atoms with Gasteiger partial charge in [-0.1, -0.05) is 6.92 Å². The molecule has 0 bridgehead atoms. The third kappa shape index (κ3) is 15.4. The quantitative estimate of drug-likeness (QED) is 0.0399. The molecule has 20 N–H and O–H groups in total. The van der Waals surface area contributed by atoms with Crippen molar-refractivity contribution in [1.29, 1.82) is 0 Å². The normalized spacial score (nSPS) is 46.9. The summed E-state index contributed by atoms with van der Waals surface area (Å²) in [6, 6.07) is -3.12. The first-order valence-corrected chi connectivity index (χ1v) is 26.1. The van der Waals surface area contributed by atoms with E-state index < -0.39 is 235 Å². The molecule has 6 aliphatic heterocycles. The van der Waals surface area contributed by atoms with E-state index in [2.05, 4.69) is 10.6 Å². The van der Waals surface area contributed by atoms with Crippen molar-refractivity contribution in [1.82, 2.24) is 10.6 Å². The average molecular weight is 1160 g/mol. The van der Waals surface area contributed by atoms with Crippen molar-refractivity contribution in [3.05, 3.63) is 0 Å². The SMILES string of the molecule is CC(=O)NC1C(OC2C(O)C(COC3OC(CO)C(OC4OC(CO)C(O)C(O)C4O)C(O)C3C)OC(OC3C(CO)OC(OCCCCCN)C(NC(C)=O)C3O)C2O)OC(CO)C(OC2OC(CO)C(O)C(O)C2O)C1O. The highest BCUT2D eigenvalue weighted by Gasteiger charge is 2.57. The molecule has 6 fully saturated rings. The van der Waals surface area contributed by atoms with Crippen LogP contribution < -0.4 is 16.4 Å². The highest BCUT2D eigenvalue weighted by molar-refractivity contribution is 5.73. The number of nitrogens with one attached hydrogen (secondary N) is 2. The van der Waals surface area contributed by atoms with Crippen LogP contribution >= 0.6 is 0 Å². The van der Waals surface area contributed by atoms with Crippen LogP contribution in [0, 0.1) is 5.92 Å². The van der Waals surface area contributed by atoms with Crippen LogP contribution in [0.2, 0.25) is 0 Å². The Labute approximate surface area is 452 Å². The number of hydrogen-bond acceptors (Lipinski definition) is 31. The monoisotopic (exact) mass is 1160 g/mol. The molecule has 6 aliphatic rings. The van der Waals surface area contributed by atoms with Crippen molar-refractivity contribution in [3.63, 3.8) is 0 Å². The fourth-order valence-corrected chi connectivity index (χ4v) is 10.2. The van der Waals surface area contributed by atoms with E-state index in [1.54, 1.807) is 0 Å². The van der Waals surface area contributed by atoms with Crippen LogP contribution in [-0.4, -0.2) is 324 Å². The van der Waals surface area contributed by atoms with Crippen LogP contribution in [0.5, 0.6) is 0 Å². The van der Waals surface area contributed by atoms with Gasteiger partial charge in [0.15, 0.2) is 37.7 Å². The van der Waals surface area contributed by atoms with Gasteiger partial charge in [0.25, 0.3) is 0 Å². The Morgan fingerprint density at radius 3 is 1.25 bits per heavy atom. The number of aliphatic hydroxyl groups is 16. The van der Waals surface area contributed by atoms with Gasteiger partial charge in [0, 0.05) is 26.4 Å². The highest BCUT2D eigenvalue weighted by atomic mass is 16.8. The van der Waals surface area contributed by atoms with E-state index in [4.69, 9.17) is 62.6 Å². The zero-order valence-corrected chi connectivity index (χ0v) is 43.5. The summed E-state index contributed by atoms with van der Waals surface area (Å²) in [6.07, 6.45) is -45.7. The Bertz CT molecular complexity index is 1850. The molecule has 33 heteroatoms. The topological polar surface area (TPSA) is 519 Å². The van der Waals surface area contributed by atoms with E-state index >= 15 is 0 Å². The minimum atomic E-state index is -2.19. The lowest BCUT2D eigenvalue weighted by Gasteiger charge is -2.50. The van der Waals surface area contributed by atoms with Gasteiger partial charge >= 0.3 is 0 Å². The highest BCUT2D eigenvalue weighted by Crippen LogP contribution is 2.37. The zero-order valence-electron chi connectivity index (χ0n) is 43.5. The molecule has 0 saturated carbocycles. The molecule has 0 radical (unpaired) electrons. The second-order valence-electron chi connectivity index (χ2n) is 20.3. The van der Waals surface area contributed by atoms with Gasteiger partial charge in [-0.05, 0) is 25.8 Å². The molecule has 460 valence electrons.